The molecule has 1 unspecified atom stereocenters. The van der Waals surface area contributed by atoms with Crippen LogP contribution in [0.4, 0.5) is 0 Å². The molecule has 0 aromatic carbocycles. The van der Waals surface area contributed by atoms with Crippen LogP contribution in [0.3, 0.4) is 0 Å². The van der Waals surface area contributed by atoms with Crippen molar-refractivity contribution in [1.82, 2.24) is 0 Å². The van der Waals surface area contributed by atoms with Gasteiger partial charge >= 0.3 is 0 Å². The first-order chi connectivity index (χ1) is 5.14. The molecule has 1 nitrogen and oxygen atoms in total. The van der Waals surface area contributed by atoms with Gasteiger partial charge in [-0.2, -0.15) is 0 Å². The van der Waals surface area contributed by atoms with Crippen LogP contribution in [-0.2, 0) is 0 Å². The lowest BCUT2D eigenvalue weighted by Crippen LogP contribution is -2.30. The highest BCUT2D eigenvalue weighted by Gasteiger charge is 2.11. The molecule has 11 heavy (non-hydrogen) atoms. The second-order valence-electron chi connectivity index (χ2n) is 2.84. The summed E-state index contributed by atoms with van der Waals surface area (Å²) in [5.74, 6) is 0. The Morgan fingerprint density at radius 2 is 2.18 bits per heavy atom. The second-order valence-corrected chi connectivity index (χ2v) is 3.71. The van der Waals surface area contributed by atoms with E-state index in [9.17, 15) is 0 Å². The molecule has 0 heterocycles. The predicted molar refractivity (Wildman–Crippen MR) is 52.5 cm³/mol. The summed E-state index contributed by atoms with van der Waals surface area (Å²) in [6, 6.07) is 0. The molecule has 2 heteroatoms. The first-order valence-electron chi connectivity index (χ1n) is 3.56. The monoisotopic (exact) mass is 167 g/mol. The van der Waals surface area contributed by atoms with Gasteiger partial charge in [0.25, 0.3) is 0 Å². The summed E-state index contributed by atoms with van der Waals surface area (Å²) in [5, 5.41) is 0. The van der Waals surface area contributed by atoms with E-state index in [1.54, 1.807) is 11.8 Å². The lowest BCUT2D eigenvalue weighted by atomic mass is 10.0. The third-order valence-corrected chi connectivity index (χ3v) is 2.24. The Bertz CT molecular complexity index is 224. The van der Waals surface area contributed by atoms with Crippen molar-refractivity contribution in [3.63, 3.8) is 0 Å². The molecule has 0 aromatic rings. The molecule has 0 radical (unpaired) electrons. The van der Waals surface area contributed by atoms with Gasteiger partial charge in [-0.15, -0.1) is 11.8 Å². The molecule has 60 valence electrons. The zero-order valence-corrected chi connectivity index (χ0v) is 7.69. The minimum Gasteiger partial charge on any atom is -0.319 e. The van der Waals surface area contributed by atoms with Crippen LogP contribution in [0, 0.1) is 0 Å². The number of allylic oxidation sites excluding steroid dienone is 3. The normalized spacial score (nSPS) is 29.9. The van der Waals surface area contributed by atoms with Gasteiger partial charge in [0, 0.05) is 4.91 Å². The Morgan fingerprint density at radius 1 is 1.45 bits per heavy atom. The Morgan fingerprint density at radius 3 is 2.82 bits per heavy atom. The van der Waals surface area contributed by atoms with Crippen LogP contribution in [-0.4, -0.2) is 11.8 Å². The average Bonchev–Trinajstić information content (AvgIpc) is 2.10. The lowest BCUT2D eigenvalue weighted by Gasteiger charge is -2.14. The van der Waals surface area contributed by atoms with E-state index in [0.29, 0.717) is 0 Å². The fourth-order valence-corrected chi connectivity index (χ4v) is 1.53. The standard InChI is InChI=1S/C9H13NS/c1-9(10)6-4-3-5-8(7-9)11-2/h3-7H,10H2,1-2H3. The van der Waals surface area contributed by atoms with Gasteiger partial charge < -0.3 is 5.73 Å². The first kappa shape index (κ1) is 8.62. The van der Waals surface area contributed by atoms with Crippen LogP contribution in [0.25, 0.3) is 0 Å². The molecule has 1 aliphatic carbocycles. The van der Waals surface area contributed by atoms with Crippen LogP contribution in [0.2, 0.25) is 0 Å². The topological polar surface area (TPSA) is 26.0 Å². The highest BCUT2D eigenvalue weighted by Crippen LogP contribution is 2.20. The van der Waals surface area contributed by atoms with Crippen molar-refractivity contribution in [1.29, 1.82) is 0 Å². The summed E-state index contributed by atoms with van der Waals surface area (Å²) in [5.41, 5.74) is 5.64. The van der Waals surface area contributed by atoms with E-state index in [2.05, 4.69) is 18.4 Å². The van der Waals surface area contributed by atoms with Crippen LogP contribution in [0.1, 0.15) is 6.92 Å². The summed E-state index contributed by atoms with van der Waals surface area (Å²) >= 11 is 1.72. The summed E-state index contributed by atoms with van der Waals surface area (Å²) < 4.78 is 0. The molecular weight excluding hydrogens is 154 g/mol. The predicted octanol–water partition coefficient (Wildman–Crippen LogP) is 2.08. The molecule has 0 bridgehead atoms. The van der Waals surface area contributed by atoms with Crippen LogP contribution in [0.5, 0.6) is 0 Å². The summed E-state index contributed by atoms with van der Waals surface area (Å²) in [7, 11) is 0. The fraction of sp³-hybridized carbons (Fsp3) is 0.333. The molecule has 0 aliphatic heterocycles. The van der Waals surface area contributed by atoms with Gasteiger partial charge in [0.15, 0.2) is 0 Å². The van der Waals surface area contributed by atoms with Gasteiger partial charge in [0.2, 0.25) is 0 Å². The zero-order chi connectivity index (χ0) is 8.32. The molecule has 1 aliphatic rings. The molecule has 0 aromatic heterocycles. The average molecular weight is 167 g/mol. The van der Waals surface area contributed by atoms with Crippen molar-refractivity contribution in [2.75, 3.05) is 6.26 Å². The van der Waals surface area contributed by atoms with Crippen LogP contribution in [0.15, 0.2) is 35.3 Å². The van der Waals surface area contributed by atoms with Crippen LogP contribution >= 0.6 is 11.8 Å². The molecule has 2 N–H and O–H groups in total. The Kier molecular flexibility index (Phi) is 2.58. The van der Waals surface area contributed by atoms with E-state index in [4.69, 9.17) is 5.73 Å². The van der Waals surface area contributed by atoms with Crippen molar-refractivity contribution < 1.29 is 0 Å². The maximum absolute atomic E-state index is 5.93. The van der Waals surface area contributed by atoms with Crippen molar-refractivity contribution in [2.24, 2.45) is 5.73 Å². The van der Waals surface area contributed by atoms with E-state index < -0.39 is 0 Å². The van der Waals surface area contributed by atoms with Gasteiger partial charge in [-0.25, -0.2) is 0 Å². The van der Waals surface area contributed by atoms with Crippen molar-refractivity contribution in [3.8, 4) is 0 Å². The second kappa shape index (κ2) is 3.28. The highest BCUT2D eigenvalue weighted by molar-refractivity contribution is 8.02. The van der Waals surface area contributed by atoms with Crippen LogP contribution < -0.4 is 5.73 Å². The number of hydrogen-bond acceptors (Lipinski definition) is 2. The fourth-order valence-electron chi connectivity index (χ4n) is 0.943. The number of nitrogens with two attached hydrogens (primary N) is 1. The SMILES string of the molecule is CSC1=CC(C)(N)C=CC=C1. The van der Waals surface area contributed by atoms with Gasteiger partial charge in [0.1, 0.15) is 0 Å². The summed E-state index contributed by atoms with van der Waals surface area (Å²) in [4.78, 5) is 1.22. The van der Waals surface area contributed by atoms with Gasteiger partial charge in [-0.1, -0.05) is 18.2 Å². The Balaban J connectivity index is 2.90. The summed E-state index contributed by atoms with van der Waals surface area (Å²) in [6.07, 6.45) is 12.2. The van der Waals surface area contributed by atoms with Gasteiger partial charge in [-0.05, 0) is 25.3 Å². The zero-order valence-electron chi connectivity index (χ0n) is 6.87. The smallest absolute Gasteiger partial charge is 0.0513 e. The van der Waals surface area contributed by atoms with Crippen molar-refractivity contribution >= 4 is 11.8 Å². The number of rotatable bonds is 1. The minimum atomic E-state index is -0.290. The van der Waals surface area contributed by atoms with E-state index in [1.807, 2.05) is 25.2 Å². The molecule has 0 saturated carbocycles. The largest absolute Gasteiger partial charge is 0.319 e. The van der Waals surface area contributed by atoms with Crippen molar-refractivity contribution in [3.05, 3.63) is 35.3 Å². The summed E-state index contributed by atoms with van der Waals surface area (Å²) in [6.45, 7) is 1.99. The number of thioether (sulfide) groups is 1. The lowest BCUT2D eigenvalue weighted by molar-refractivity contribution is 0.735. The molecule has 0 spiro atoms. The first-order valence-corrected chi connectivity index (χ1v) is 4.78. The molecule has 0 fully saturated rings. The molecule has 0 amide bonds. The third-order valence-electron chi connectivity index (χ3n) is 1.52. The Labute approximate surface area is 72.0 Å². The maximum atomic E-state index is 5.93. The quantitative estimate of drug-likeness (QED) is 0.647. The molecule has 0 saturated heterocycles. The molecule has 1 rings (SSSR count). The number of hydrogen-bond donors (Lipinski definition) is 1. The Hall–Kier alpha value is -0.470. The van der Waals surface area contributed by atoms with E-state index in [1.165, 1.54) is 4.91 Å². The van der Waals surface area contributed by atoms with Gasteiger partial charge in [0.05, 0.1) is 5.54 Å². The third kappa shape index (κ3) is 2.56. The molecule has 1 atom stereocenters. The van der Waals surface area contributed by atoms with Gasteiger partial charge in [-0.3, -0.25) is 0 Å². The molecular formula is C9H13NS. The minimum absolute atomic E-state index is 0.290. The van der Waals surface area contributed by atoms with Crippen molar-refractivity contribution in [2.45, 2.75) is 12.5 Å². The van der Waals surface area contributed by atoms with E-state index in [-0.39, 0.29) is 5.54 Å². The highest BCUT2D eigenvalue weighted by atomic mass is 32.2. The van der Waals surface area contributed by atoms with E-state index in [0.717, 1.165) is 0 Å². The maximum Gasteiger partial charge on any atom is 0.0513 e. The van der Waals surface area contributed by atoms with E-state index >= 15 is 0 Å².